The van der Waals surface area contributed by atoms with Crippen molar-refractivity contribution in [2.24, 2.45) is 0 Å². The van der Waals surface area contributed by atoms with Crippen molar-refractivity contribution in [3.8, 4) is 0 Å². The number of ether oxygens (including phenoxy) is 1. The van der Waals surface area contributed by atoms with Crippen LogP contribution in [0.4, 0.5) is 0 Å². The van der Waals surface area contributed by atoms with E-state index in [4.69, 9.17) is 0 Å². The second-order valence-corrected chi connectivity index (χ2v) is 3.96. The minimum atomic E-state index is -0.671. The Kier molecular flexibility index (Phi) is 2.31. The highest BCUT2D eigenvalue weighted by molar-refractivity contribution is 5.94. The van der Waals surface area contributed by atoms with Crippen LogP contribution < -0.4 is 0 Å². The fourth-order valence-corrected chi connectivity index (χ4v) is 1.79. The molecule has 3 heteroatoms. The lowest BCUT2D eigenvalue weighted by Crippen LogP contribution is -2.40. The minimum absolute atomic E-state index is 0.303. The van der Waals surface area contributed by atoms with Crippen LogP contribution in [0.15, 0.2) is 30.3 Å². The standard InChI is InChI=1S/C12H12O3/c1-12(9-5-3-2-4-6-9)8-7-10(13)15-11(12)14/h2-6H,7-8H2,1H3/t12-/m0/s1. The molecular weight excluding hydrogens is 192 g/mol. The van der Waals surface area contributed by atoms with Crippen LogP contribution in [0.3, 0.4) is 0 Å². The first-order chi connectivity index (χ1) is 7.13. The molecule has 1 aromatic rings. The molecule has 1 aromatic carbocycles. The number of carbonyl (C=O) groups is 2. The fourth-order valence-electron chi connectivity index (χ4n) is 1.79. The van der Waals surface area contributed by atoms with Crippen LogP contribution in [0.25, 0.3) is 0 Å². The van der Waals surface area contributed by atoms with Crippen molar-refractivity contribution in [2.75, 3.05) is 0 Å². The van der Waals surface area contributed by atoms with Crippen molar-refractivity contribution < 1.29 is 14.3 Å². The summed E-state index contributed by atoms with van der Waals surface area (Å²) < 4.78 is 4.68. The summed E-state index contributed by atoms with van der Waals surface area (Å²) in [5.74, 6) is -0.863. The van der Waals surface area contributed by atoms with Crippen molar-refractivity contribution in [1.29, 1.82) is 0 Å². The first kappa shape index (κ1) is 9.90. The van der Waals surface area contributed by atoms with Crippen molar-refractivity contribution in [2.45, 2.75) is 25.2 Å². The van der Waals surface area contributed by atoms with Gasteiger partial charge in [-0.15, -0.1) is 0 Å². The van der Waals surface area contributed by atoms with Gasteiger partial charge in [0.15, 0.2) is 0 Å². The zero-order valence-corrected chi connectivity index (χ0v) is 8.53. The second kappa shape index (κ2) is 3.50. The number of carbonyl (C=O) groups excluding carboxylic acids is 2. The molecule has 0 aromatic heterocycles. The van der Waals surface area contributed by atoms with Crippen molar-refractivity contribution in [3.63, 3.8) is 0 Å². The first-order valence-corrected chi connectivity index (χ1v) is 4.93. The Labute approximate surface area is 88.1 Å². The van der Waals surface area contributed by atoms with Gasteiger partial charge in [-0.05, 0) is 18.9 Å². The molecule has 1 heterocycles. The lowest BCUT2D eigenvalue weighted by atomic mass is 9.77. The lowest BCUT2D eigenvalue weighted by molar-refractivity contribution is -0.168. The third kappa shape index (κ3) is 1.65. The van der Waals surface area contributed by atoms with Crippen molar-refractivity contribution in [3.05, 3.63) is 35.9 Å². The summed E-state index contributed by atoms with van der Waals surface area (Å²) in [6, 6.07) is 9.43. The molecule has 1 aliphatic rings. The Bertz CT molecular complexity index is 397. The Morgan fingerprint density at radius 1 is 1.20 bits per heavy atom. The fraction of sp³-hybridized carbons (Fsp3) is 0.333. The quantitative estimate of drug-likeness (QED) is 0.517. The molecule has 15 heavy (non-hydrogen) atoms. The monoisotopic (exact) mass is 204 g/mol. The number of rotatable bonds is 1. The highest BCUT2D eigenvalue weighted by Crippen LogP contribution is 2.33. The minimum Gasteiger partial charge on any atom is -0.392 e. The van der Waals surface area contributed by atoms with Gasteiger partial charge in [0.1, 0.15) is 0 Å². The Balaban J connectivity index is 2.35. The third-order valence-electron chi connectivity index (χ3n) is 2.90. The molecular formula is C12H12O3. The average Bonchev–Trinajstić information content (AvgIpc) is 2.25. The second-order valence-electron chi connectivity index (χ2n) is 3.96. The first-order valence-electron chi connectivity index (χ1n) is 4.93. The highest BCUT2D eigenvalue weighted by Gasteiger charge is 2.41. The van der Waals surface area contributed by atoms with Gasteiger partial charge in [-0.25, -0.2) is 0 Å². The molecule has 78 valence electrons. The van der Waals surface area contributed by atoms with E-state index in [1.807, 2.05) is 37.3 Å². The number of cyclic esters (lactones) is 2. The molecule has 0 N–H and O–H groups in total. The summed E-state index contributed by atoms with van der Waals surface area (Å²) in [7, 11) is 0. The van der Waals surface area contributed by atoms with Crippen LogP contribution in [0.5, 0.6) is 0 Å². The van der Waals surface area contributed by atoms with Gasteiger partial charge >= 0.3 is 11.9 Å². The maximum Gasteiger partial charge on any atom is 0.323 e. The topological polar surface area (TPSA) is 43.4 Å². The molecule has 1 fully saturated rings. The highest BCUT2D eigenvalue weighted by atomic mass is 16.6. The Morgan fingerprint density at radius 2 is 1.87 bits per heavy atom. The van der Waals surface area contributed by atoms with E-state index in [1.54, 1.807) is 0 Å². The van der Waals surface area contributed by atoms with Crippen molar-refractivity contribution in [1.82, 2.24) is 0 Å². The van der Waals surface area contributed by atoms with Crippen molar-refractivity contribution >= 4 is 11.9 Å². The SMILES string of the molecule is C[C@@]1(c2ccccc2)CCC(=O)OC1=O. The van der Waals surface area contributed by atoms with E-state index in [2.05, 4.69) is 4.74 Å². The molecule has 3 nitrogen and oxygen atoms in total. The normalized spacial score (nSPS) is 26.2. The average molecular weight is 204 g/mol. The van der Waals surface area contributed by atoms with Gasteiger partial charge in [0.2, 0.25) is 0 Å². The molecule has 1 aliphatic heterocycles. The van der Waals surface area contributed by atoms with E-state index in [0.717, 1.165) is 5.56 Å². The molecule has 0 bridgehead atoms. The van der Waals surface area contributed by atoms with E-state index in [9.17, 15) is 9.59 Å². The Hall–Kier alpha value is -1.64. The van der Waals surface area contributed by atoms with E-state index in [-0.39, 0.29) is 0 Å². The molecule has 1 saturated heterocycles. The molecule has 1 atom stereocenters. The molecule has 0 amide bonds. The number of hydrogen-bond donors (Lipinski definition) is 0. The van der Waals surface area contributed by atoms with Gasteiger partial charge in [0, 0.05) is 6.42 Å². The summed E-state index contributed by atoms with van der Waals surface area (Å²) >= 11 is 0. The smallest absolute Gasteiger partial charge is 0.323 e. The summed E-state index contributed by atoms with van der Waals surface area (Å²) in [5, 5.41) is 0. The van der Waals surface area contributed by atoms with Gasteiger partial charge in [0.25, 0.3) is 0 Å². The molecule has 0 unspecified atom stereocenters. The molecule has 0 aliphatic carbocycles. The third-order valence-corrected chi connectivity index (χ3v) is 2.90. The van der Waals surface area contributed by atoms with Gasteiger partial charge in [-0.1, -0.05) is 30.3 Å². The van der Waals surface area contributed by atoms with Gasteiger partial charge in [0.05, 0.1) is 5.41 Å². The summed E-state index contributed by atoms with van der Waals surface area (Å²) in [6.45, 7) is 1.82. The summed E-state index contributed by atoms with van der Waals surface area (Å²) in [6.07, 6.45) is 0.825. The van der Waals surface area contributed by atoms with Crippen LogP contribution in [-0.4, -0.2) is 11.9 Å². The van der Waals surface area contributed by atoms with Gasteiger partial charge < -0.3 is 4.74 Å². The van der Waals surface area contributed by atoms with Crippen LogP contribution in [-0.2, 0) is 19.7 Å². The summed E-state index contributed by atoms with van der Waals surface area (Å²) in [4.78, 5) is 22.6. The van der Waals surface area contributed by atoms with E-state index >= 15 is 0 Å². The van der Waals surface area contributed by atoms with E-state index < -0.39 is 17.4 Å². The number of esters is 2. The van der Waals surface area contributed by atoms with E-state index in [1.165, 1.54) is 0 Å². The van der Waals surface area contributed by atoms with Gasteiger partial charge in [-0.2, -0.15) is 0 Å². The molecule has 0 radical (unpaired) electrons. The van der Waals surface area contributed by atoms with E-state index in [0.29, 0.717) is 12.8 Å². The number of hydrogen-bond acceptors (Lipinski definition) is 3. The van der Waals surface area contributed by atoms with Crippen LogP contribution >= 0.6 is 0 Å². The lowest BCUT2D eigenvalue weighted by Gasteiger charge is -2.30. The largest absolute Gasteiger partial charge is 0.392 e. The zero-order chi connectivity index (χ0) is 10.9. The number of benzene rings is 1. The maximum absolute atomic E-state index is 11.7. The molecule has 0 saturated carbocycles. The molecule has 0 spiro atoms. The van der Waals surface area contributed by atoms with Crippen LogP contribution in [0, 0.1) is 0 Å². The van der Waals surface area contributed by atoms with Crippen LogP contribution in [0.2, 0.25) is 0 Å². The Morgan fingerprint density at radius 3 is 2.47 bits per heavy atom. The van der Waals surface area contributed by atoms with Gasteiger partial charge in [-0.3, -0.25) is 9.59 Å². The summed E-state index contributed by atoms with van der Waals surface area (Å²) in [5.41, 5.74) is 0.234. The van der Waals surface area contributed by atoms with Crippen LogP contribution in [0.1, 0.15) is 25.3 Å². The molecule has 2 rings (SSSR count). The zero-order valence-electron chi connectivity index (χ0n) is 8.53. The maximum atomic E-state index is 11.7. The predicted molar refractivity (Wildman–Crippen MR) is 54.1 cm³/mol. The predicted octanol–water partition coefficient (Wildman–Crippen LogP) is 1.81.